The van der Waals surface area contributed by atoms with Gasteiger partial charge in [-0.15, -0.1) is 0 Å². The van der Waals surface area contributed by atoms with Gasteiger partial charge in [-0.25, -0.2) is 9.18 Å². The van der Waals surface area contributed by atoms with Crippen molar-refractivity contribution in [3.63, 3.8) is 0 Å². The van der Waals surface area contributed by atoms with Gasteiger partial charge in [-0.1, -0.05) is 23.7 Å². The summed E-state index contributed by atoms with van der Waals surface area (Å²) in [5, 5.41) is 4.16. The zero-order valence-electron chi connectivity index (χ0n) is 13.7. The highest BCUT2D eigenvalue weighted by Crippen LogP contribution is 2.29. The average Bonchev–Trinajstić information content (AvgIpc) is 2.79. The first-order valence-electron chi connectivity index (χ1n) is 8.10. The molecular weight excluding hydrogens is 341 g/mol. The molecule has 0 radical (unpaired) electrons. The molecule has 0 unspecified atom stereocenters. The summed E-state index contributed by atoms with van der Waals surface area (Å²) in [5.41, 5.74) is 3.65. The maximum Gasteiger partial charge on any atom is 0.322 e. The van der Waals surface area contributed by atoms with E-state index in [1.165, 1.54) is 28.6 Å². The summed E-state index contributed by atoms with van der Waals surface area (Å²) < 4.78 is 16.1. The number of hydrogen-bond donors (Lipinski definition) is 1. The summed E-state index contributed by atoms with van der Waals surface area (Å²) in [6.45, 7) is 1.07. The van der Waals surface area contributed by atoms with Gasteiger partial charge in [0.15, 0.2) is 0 Å². The SMILES string of the molecule is Cn1cc2c3c(cccc31)CN(C(=O)Nc1ccc(Cl)cc1F)CC2. The van der Waals surface area contributed by atoms with Gasteiger partial charge in [-0.05, 0) is 41.8 Å². The number of carbonyl (C=O) groups excluding carboxylic acids is 1. The number of aromatic nitrogens is 1. The second kappa shape index (κ2) is 6.08. The van der Waals surface area contributed by atoms with E-state index in [0.29, 0.717) is 18.1 Å². The van der Waals surface area contributed by atoms with Crippen LogP contribution in [0.4, 0.5) is 14.9 Å². The van der Waals surface area contributed by atoms with Crippen LogP contribution in [0.5, 0.6) is 0 Å². The lowest BCUT2D eigenvalue weighted by Crippen LogP contribution is -2.35. The Morgan fingerprint density at radius 3 is 2.88 bits per heavy atom. The molecule has 0 bridgehead atoms. The molecule has 4 rings (SSSR count). The van der Waals surface area contributed by atoms with Gasteiger partial charge in [0.25, 0.3) is 0 Å². The van der Waals surface area contributed by atoms with E-state index in [4.69, 9.17) is 11.6 Å². The van der Waals surface area contributed by atoms with Crippen LogP contribution >= 0.6 is 11.6 Å². The van der Waals surface area contributed by atoms with Gasteiger partial charge >= 0.3 is 6.03 Å². The lowest BCUT2D eigenvalue weighted by molar-refractivity contribution is 0.210. The fourth-order valence-electron chi connectivity index (χ4n) is 3.44. The van der Waals surface area contributed by atoms with Gasteiger partial charge in [0.05, 0.1) is 5.69 Å². The maximum atomic E-state index is 13.9. The molecule has 1 aromatic heterocycles. The number of halogens is 2. The number of nitrogens with one attached hydrogen (secondary N) is 1. The summed E-state index contributed by atoms with van der Waals surface area (Å²) in [6, 6.07) is 10.0. The molecule has 1 aliphatic rings. The topological polar surface area (TPSA) is 37.3 Å². The lowest BCUT2D eigenvalue weighted by Gasteiger charge is -2.22. The third-order valence-electron chi connectivity index (χ3n) is 4.65. The molecule has 1 aliphatic heterocycles. The normalized spacial score (nSPS) is 13.8. The third kappa shape index (κ3) is 2.85. The number of aryl methyl sites for hydroxylation is 1. The number of benzene rings is 2. The molecule has 0 spiro atoms. The molecule has 2 heterocycles. The molecule has 0 fully saturated rings. The van der Waals surface area contributed by atoms with Crippen molar-refractivity contribution in [1.29, 1.82) is 0 Å². The average molecular weight is 358 g/mol. The molecular formula is C19H17ClFN3O. The van der Waals surface area contributed by atoms with E-state index in [2.05, 4.69) is 22.1 Å². The number of anilines is 1. The molecule has 4 nitrogen and oxygen atoms in total. The minimum atomic E-state index is -0.540. The van der Waals surface area contributed by atoms with Crippen molar-refractivity contribution in [3.8, 4) is 0 Å². The molecule has 3 aromatic rings. The van der Waals surface area contributed by atoms with Crippen LogP contribution in [-0.2, 0) is 20.0 Å². The Bertz CT molecular complexity index is 982. The second-order valence-corrected chi connectivity index (χ2v) is 6.74. The number of hydrogen-bond acceptors (Lipinski definition) is 1. The molecule has 0 atom stereocenters. The molecule has 2 amide bonds. The van der Waals surface area contributed by atoms with E-state index in [-0.39, 0.29) is 11.7 Å². The largest absolute Gasteiger partial charge is 0.350 e. The molecule has 6 heteroatoms. The van der Waals surface area contributed by atoms with Crippen molar-refractivity contribution in [3.05, 3.63) is 64.6 Å². The standard InChI is InChI=1S/C19H17ClFN3O/c1-23-10-13-7-8-24(11-12-3-2-4-17(23)18(12)13)19(25)22-16-6-5-14(20)9-15(16)21/h2-6,9-10H,7-8,11H2,1H3,(H,22,25). The predicted molar refractivity (Wildman–Crippen MR) is 97.5 cm³/mol. The Kier molecular flexibility index (Phi) is 3.88. The highest BCUT2D eigenvalue weighted by Gasteiger charge is 2.22. The first kappa shape index (κ1) is 16.0. The maximum absolute atomic E-state index is 13.9. The summed E-state index contributed by atoms with van der Waals surface area (Å²) in [6.07, 6.45) is 2.89. The molecule has 0 saturated carbocycles. The number of amides is 2. The Labute approximate surface area is 149 Å². The highest BCUT2D eigenvalue weighted by atomic mass is 35.5. The van der Waals surface area contributed by atoms with Crippen LogP contribution in [0.15, 0.2) is 42.6 Å². The molecule has 1 N–H and O–H groups in total. The summed E-state index contributed by atoms with van der Waals surface area (Å²) in [5.74, 6) is -0.540. The van der Waals surface area contributed by atoms with E-state index in [1.807, 2.05) is 19.2 Å². The van der Waals surface area contributed by atoms with Gasteiger partial charge in [-0.2, -0.15) is 0 Å². The van der Waals surface area contributed by atoms with Crippen LogP contribution < -0.4 is 5.32 Å². The van der Waals surface area contributed by atoms with Crippen molar-refractivity contribution >= 4 is 34.2 Å². The van der Waals surface area contributed by atoms with Crippen LogP contribution in [0.25, 0.3) is 10.9 Å². The molecule has 0 aliphatic carbocycles. The molecule has 128 valence electrons. The Morgan fingerprint density at radius 2 is 2.08 bits per heavy atom. The number of urea groups is 1. The van der Waals surface area contributed by atoms with Gasteiger partial charge in [-0.3, -0.25) is 0 Å². The van der Waals surface area contributed by atoms with Crippen LogP contribution in [0.2, 0.25) is 5.02 Å². The Morgan fingerprint density at radius 1 is 1.24 bits per heavy atom. The van der Waals surface area contributed by atoms with Crippen molar-refractivity contribution in [1.82, 2.24) is 9.47 Å². The van der Waals surface area contributed by atoms with E-state index >= 15 is 0 Å². The fourth-order valence-corrected chi connectivity index (χ4v) is 3.60. The predicted octanol–water partition coefficient (Wildman–Crippen LogP) is 4.56. The van der Waals surface area contributed by atoms with E-state index in [0.717, 1.165) is 12.0 Å². The van der Waals surface area contributed by atoms with Crippen molar-refractivity contribution in [2.24, 2.45) is 7.05 Å². The van der Waals surface area contributed by atoms with E-state index in [9.17, 15) is 9.18 Å². The van der Waals surface area contributed by atoms with Crippen molar-refractivity contribution in [2.45, 2.75) is 13.0 Å². The van der Waals surface area contributed by atoms with Crippen LogP contribution in [0.3, 0.4) is 0 Å². The van der Waals surface area contributed by atoms with Crippen LogP contribution in [-0.4, -0.2) is 22.0 Å². The van der Waals surface area contributed by atoms with Gasteiger partial charge < -0.3 is 14.8 Å². The minimum absolute atomic E-state index is 0.134. The number of carbonyl (C=O) groups is 1. The first-order chi connectivity index (χ1) is 12.0. The number of nitrogens with zero attached hydrogens (tertiary/aromatic N) is 2. The van der Waals surface area contributed by atoms with Crippen molar-refractivity contribution < 1.29 is 9.18 Å². The summed E-state index contributed by atoms with van der Waals surface area (Å²) in [7, 11) is 2.03. The third-order valence-corrected chi connectivity index (χ3v) is 4.89. The Hall–Kier alpha value is -2.53. The van der Waals surface area contributed by atoms with Gasteiger partial charge in [0.1, 0.15) is 5.82 Å². The molecule has 0 saturated heterocycles. The highest BCUT2D eigenvalue weighted by molar-refractivity contribution is 6.30. The van der Waals surface area contributed by atoms with Crippen LogP contribution in [0.1, 0.15) is 11.1 Å². The van der Waals surface area contributed by atoms with E-state index in [1.54, 1.807) is 11.0 Å². The van der Waals surface area contributed by atoms with Gasteiger partial charge in [0, 0.05) is 42.3 Å². The summed E-state index contributed by atoms with van der Waals surface area (Å²) in [4.78, 5) is 14.3. The monoisotopic (exact) mass is 357 g/mol. The molecule has 25 heavy (non-hydrogen) atoms. The number of rotatable bonds is 1. The molecule has 2 aromatic carbocycles. The Balaban J connectivity index is 1.60. The summed E-state index contributed by atoms with van der Waals surface area (Å²) >= 11 is 5.76. The second-order valence-electron chi connectivity index (χ2n) is 6.30. The van der Waals surface area contributed by atoms with E-state index < -0.39 is 5.82 Å². The minimum Gasteiger partial charge on any atom is -0.350 e. The van der Waals surface area contributed by atoms with Crippen LogP contribution in [0, 0.1) is 5.82 Å². The van der Waals surface area contributed by atoms with Crippen molar-refractivity contribution in [2.75, 3.05) is 11.9 Å². The quantitative estimate of drug-likeness (QED) is 0.681. The smallest absolute Gasteiger partial charge is 0.322 e. The fraction of sp³-hybridized carbons (Fsp3) is 0.211. The van der Waals surface area contributed by atoms with Gasteiger partial charge in [0.2, 0.25) is 0 Å². The first-order valence-corrected chi connectivity index (χ1v) is 8.47. The lowest BCUT2D eigenvalue weighted by atomic mass is 10.1. The zero-order valence-corrected chi connectivity index (χ0v) is 14.5. The zero-order chi connectivity index (χ0) is 17.6.